The van der Waals surface area contributed by atoms with Crippen LogP contribution in [0, 0.1) is 13.8 Å². The van der Waals surface area contributed by atoms with E-state index in [4.69, 9.17) is 34.8 Å². The van der Waals surface area contributed by atoms with E-state index in [0.29, 0.717) is 15.1 Å². The molecule has 2 rings (SSSR count). The van der Waals surface area contributed by atoms with Gasteiger partial charge in [-0.25, -0.2) is 4.68 Å². The van der Waals surface area contributed by atoms with Gasteiger partial charge in [-0.15, -0.1) is 0 Å². The first-order valence-electron chi connectivity index (χ1n) is 4.68. The van der Waals surface area contributed by atoms with E-state index in [0.717, 1.165) is 17.1 Å². The summed E-state index contributed by atoms with van der Waals surface area (Å²) >= 11 is 18.1. The molecule has 0 radical (unpaired) electrons. The van der Waals surface area contributed by atoms with Crippen molar-refractivity contribution >= 4 is 34.8 Å². The fourth-order valence-corrected chi connectivity index (χ4v) is 1.99. The zero-order chi connectivity index (χ0) is 11.9. The molecule has 0 saturated carbocycles. The van der Waals surface area contributed by atoms with E-state index < -0.39 is 0 Å². The number of aromatic nitrogens is 2. The molecule has 1 aromatic heterocycles. The van der Waals surface area contributed by atoms with E-state index in [9.17, 15) is 0 Å². The Balaban J connectivity index is 2.67. The first kappa shape index (κ1) is 11.8. The van der Waals surface area contributed by atoms with Gasteiger partial charge in [-0.1, -0.05) is 34.8 Å². The second-order valence-electron chi connectivity index (χ2n) is 3.49. The van der Waals surface area contributed by atoms with Crippen LogP contribution in [0.1, 0.15) is 11.4 Å². The van der Waals surface area contributed by atoms with Crippen molar-refractivity contribution in [1.29, 1.82) is 0 Å². The second kappa shape index (κ2) is 4.28. The van der Waals surface area contributed by atoms with Gasteiger partial charge in [0.15, 0.2) is 0 Å². The van der Waals surface area contributed by atoms with Crippen LogP contribution in [0.3, 0.4) is 0 Å². The number of hydrogen-bond donors (Lipinski definition) is 0. The molecule has 84 valence electrons. The molecule has 0 fully saturated rings. The molecule has 0 bridgehead atoms. The van der Waals surface area contributed by atoms with Crippen molar-refractivity contribution in [3.8, 4) is 5.69 Å². The molecule has 16 heavy (non-hydrogen) atoms. The summed E-state index contributed by atoms with van der Waals surface area (Å²) in [5.41, 5.74) is 2.36. The Hall–Kier alpha value is -0.700. The van der Waals surface area contributed by atoms with Gasteiger partial charge in [-0.3, -0.25) is 0 Å². The Kier molecular flexibility index (Phi) is 3.15. The summed E-state index contributed by atoms with van der Waals surface area (Å²) in [6, 6.07) is 5.24. The summed E-state index contributed by atoms with van der Waals surface area (Å²) in [6.45, 7) is 3.74. The lowest BCUT2D eigenvalue weighted by molar-refractivity contribution is 0.834. The largest absolute Gasteiger partial charge is 0.235 e. The monoisotopic (exact) mass is 274 g/mol. The van der Waals surface area contributed by atoms with Crippen molar-refractivity contribution in [1.82, 2.24) is 9.78 Å². The maximum atomic E-state index is 6.10. The summed E-state index contributed by atoms with van der Waals surface area (Å²) in [6.07, 6.45) is 0. The van der Waals surface area contributed by atoms with Gasteiger partial charge in [-0.05, 0) is 32.0 Å². The number of nitrogens with zero attached hydrogens (tertiary/aromatic N) is 2. The Morgan fingerprint density at radius 1 is 1.12 bits per heavy atom. The minimum absolute atomic E-state index is 0.590. The molecular weight excluding hydrogens is 266 g/mol. The van der Waals surface area contributed by atoms with Gasteiger partial charge >= 0.3 is 0 Å². The summed E-state index contributed by atoms with van der Waals surface area (Å²) < 4.78 is 1.70. The molecule has 0 atom stereocenters. The minimum atomic E-state index is 0.590. The predicted molar refractivity (Wildman–Crippen MR) is 68.1 cm³/mol. The molecule has 0 amide bonds. The van der Waals surface area contributed by atoms with Crippen molar-refractivity contribution < 1.29 is 0 Å². The Labute approximate surface area is 109 Å². The van der Waals surface area contributed by atoms with E-state index in [1.807, 2.05) is 13.8 Å². The third-order valence-corrected chi connectivity index (χ3v) is 3.44. The molecule has 5 heteroatoms. The number of aryl methyl sites for hydroxylation is 1. The van der Waals surface area contributed by atoms with Gasteiger partial charge in [0.1, 0.15) is 0 Å². The maximum absolute atomic E-state index is 6.10. The molecule has 0 unspecified atom stereocenters. The van der Waals surface area contributed by atoms with Crippen molar-refractivity contribution in [2.24, 2.45) is 0 Å². The molecule has 0 N–H and O–H groups in total. The Bertz CT molecular complexity index is 546. The summed E-state index contributed by atoms with van der Waals surface area (Å²) in [5.74, 6) is 0. The van der Waals surface area contributed by atoms with E-state index in [1.54, 1.807) is 22.9 Å². The second-order valence-corrected chi connectivity index (χ2v) is 4.71. The normalized spacial score (nSPS) is 10.8. The van der Waals surface area contributed by atoms with Gasteiger partial charge in [0.05, 0.1) is 27.1 Å². The summed E-state index contributed by atoms with van der Waals surface area (Å²) in [5, 5.41) is 6.18. The lowest BCUT2D eigenvalue weighted by atomic mass is 10.3. The highest BCUT2D eigenvalue weighted by Gasteiger charge is 2.13. The molecule has 0 aliphatic rings. The average Bonchev–Trinajstić information content (AvgIpc) is 2.50. The van der Waals surface area contributed by atoms with Crippen molar-refractivity contribution in [3.63, 3.8) is 0 Å². The highest BCUT2D eigenvalue weighted by molar-refractivity contribution is 6.34. The summed E-state index contributed by atoms with van der Waals surface area (Å²) in [4.78, 5) is 0. The third-order valence-electron chi connectivity index (χ3n) is 2.34. The lowest BCUT2D eigenvalue weighted by Crippen LogP contribution is -1.99. The molecule has 0 aliphatic carbocycles. The first-order chi connectivity index (χ1) is 7.50. The highest BCUT2D eigenvalue weighted by atomic mass is 35.5. The van der Waals surface area contributed by atoms with Gasteiger partial charge in [0.25, 0.3) is 0 Å². The van der Waals surface area contributed by atoms with Crippen LogP contribution in [0.5, 0.6) is 0 Å². The number of hydrogen-bond acceptors (Lipinski definition) is 1. The van der Waals surface area contributed by atoms with Crippen LogP contribution >= 0.6 is 34.8 Å². The molecule has 0 spiro atoms. The smallest absolute Gasteiger partial charge is 0.0850 e. The lowest BCUT2D eigenvalue weighted by Gasteiger charge is -2.07. The minimum Gasteiger partial charge on any atom is -0.235 e. The predicted octanol–water partition coefficient (Wildman–Crippen LogP) is 4.45. The van der Waals surface area contributed by atoms with E-state index >= 15 is 0 Å². The van der Waals surface area contributed by atoms with Gasteiger partial charge < -0.3 is 0 Å². The Morgan fingerprint density at radius 2 is 1.81 bits per heavy atom. The van der Waals surface area contributed by atoms with Crippen molar-refractivity contribution in [3.05, 3.63) is 44.7 Å². The molecule has 0 aliphatic heterocycles. The van der Waals surface area contributed by atoms with Gasteiger partial charge in [0, 0.05) is 5.02 Å². The molecule has 2 aromatic rings. The molecule has 0 saturated heterocycles. The van der Waals surface area contributed by atoms with Crippen LogP contribution in [0.2, 0.25) is 15.1 Å². The molecule has 2 nitrogen and oxygen atoms in total. The highest BCUT2D eigenvalue weighted by Crippen LogP contribution is 2.28. The van der Waals surface area contributed by atoms with Crippen molar-refractivity contribution in [2.75, 3.05) is 0 Å². The zero-order valence-corrected chi connectivity index (χ0v) is 11.0. The fourth-order valence-electron chi connectivity index (χ4n) is 1.51. The van der Waals surface area contributed by atoms with E-state index in [1.165, 1.54) is 0 Å². The average molecular weight is 276 g/mol. The number of halogens is 3. The van der Waals surface area contributed by atoms with E-state index in [2.05, 4.69) is 5.10 Å². The zero-order valence-electron chi connectivity index (χ0n) is 8.76. The van der Waals surface area contributed by atoms with Crippen LogP contribution in [-0.2, 0) is 0 Å². The SMILES string of the molecule is Cc1nn(-c2cc(Cl)ccc2Cl)c(C)c1Cl. The Morgan fingerprint density at radius 3 is 2.38 bits per heavy atom. The molecule has 1 heterocycles. The number of benzene rings is 1. The standard InChI is InChI=1S/C11H9Cl3N2/c1-6-11(14)7(2)16(15-6)10-5-8(12)3-4-9(10)13/h3-5H,1-2H3. The van der Waals surface area contributed by atoms with Crippen LogP contribution in [0.15, 0.2) is 18.2 Å². The molecule has 1 aromatic carbocycles. The van der Waals surface area contributed by atoms with Crippen LogP contribution in [0.4, 0.5) is 0 Å². The van der Waals surface area contributed by atoms with Crippen LogP contribution in [0.25, 0.3) is 5.69 Å². The quantitative estimate of drug-likeness (QED) is 0.752. The number of rotatable bonds is 1. The van der Waals surface area contributed by atoms with Gasteiger partial charge in [0.2, 0.25) is 0 Å². The van der Waals surface area contributed by atoms with Crippen molar-refractivity contribution in [2.45, 2.75) is 13.8 Å². The van der Waals surface area contributed by atoms with Gasteiger partial charge in [-0.2, -0.15) is 5.10 Å². The van der Waals surface area contributed by atoms with E-state index in [-0.39, 0.29) is 0 Å². The van der Waals surface area contributed by atoms with Crippen LogP contribution in [-0.4, -0.2) is 9.78 Å². The third kappa shape index (κ3) is 1.93. The molecular formula is C11H9Cl3N2. The topological polar surface area (TPSA) is 17.8 Å². The van der Waals surface area contributed by atoms with Crippen LogP contribution < -0.4 is 0 Å². The first-order valence-corrected chi connectivity index (χ1v) is 5.81. The summed E-state index contributed by atoms with van der Waals surface area (Å²) in [7, 11) is 0. The fraction of sp³-hybridized carbons (Fsp3) is 0.182. The maximum Gasteiger partial charge on any atom is 0.0850 e.